The van der Waals surface area contributed by atoms with Gasteiger partial charge in [0.1, 0.15) is 0 Å². The normalized spacial score (nSPS) is 19.9. The van der Waals surface area contributed by atoms with Crippen LogP contribution in [0.25, 0.3) is 0 Å². The number of nitrogens with zero attached hydrogens (tertiary/aromatic N) is 1. The molecule has 0 bridgehead atoms. The fourth-order valence-electron chi connectivity index (χ4n) is 1.90. The first-order valence-electron chi connectivity index (χ1n) is 5.83. The van der Waals surface area contributed by atoms with Crippen LogP contribution in [0, 0.1) is 0 Å². The topological polar surface area (TPSA) is 32.3 Å². The van der Waals surface area contributed by atoms with Crippen LogP contribution < -0.4 is 5.32 Å². The van der Waals surface area contributed by atoms with Crippen molar-refractivity contribution >= 4 is 17.5 Å². The number of halogens is 1. The lowest BCUT2D eigenvalue weighted by Crippen LogP contribution is -2.47. The second-order valence-corrected chi connectivity index (χ2v) is 4.48. The molecule has 0 saturated carbocycles. The van der Waals surface area contributed by atoms with Crippen LogP contribution in [0.15, 0.2) is 0 Å². The number of carbonyl (C=O) groups excluding carboxylic acids is 1. The van der Waals surface area contributed by atoms with E-state index in [1.165, 1.54) is 19.3 Å². The Labute approximate surface area is 97.2 Å². The third-order valence-electron chi connectivity index (χ3n) is 2.93. The van der Waals surface area contributed by atoms with Crippen molar-refractivity contribution in [1.29, 1.82) is 0 Å². The molecule has 0 aromatic rings. The van der Waals surface area contributed by atoms with Crippen molar-refractivity contribution in [2.24, 2.45) is 0 Å². The van der Waals surface area contributed by atoms with Gasteiger partial charge in [0, 0.05) is 12.4 Å². The van der Waals surface area contributed by atoms with E-state index < -0.39 is 0 Å². The van der Waals surface area contributed by atoms with Crippen molar-refractivity contribution in [3.63, 3.8) is 0 Å². The number of amides is 1. The molecule has 1 atom stereocenters. The second kappa shape index (κ2) is 7.07. The Bertz CT molecular complexity index is 193. The molecule has 1 saturated heterocycles. The third-order valence-corrected chi connectivity index (χ3v) is 3.19. The minimum atomic E-state index is 0.0145. The summed E-state index contributed by atoms with van der Waals surface area (Å²) in [4.78, 5) is 14.0. The summed E-state index contributed by atoms with van der Waals surface area (Å²) in [5, 5.41) is 2.92. The van der Waals surface area contributed by atoms with Crippen LogP contribution in [0.2, 0.25) is 0 Å². The highest BCUT2D eigenvalue weighted by Crippen LogP contribution is 2.11. The van der Waals surface area contributed by atoms with E-state index in [2.05, 4.69) is 10.2 Å². The number of carbonyl (C=O) groups is 1. The van der Waals surface area contributed by atoms with E-state index >= 15 is 0 Å². The second-order valence-electron chi connectivity index (χ2n) is 4.11. The lowest BCUT2D eigenvalue weighted by molar-refractivity contribution is -0.126. The summed E-state index contributed by atoms with van der Waals surface area (Å²) in [5.74, 6) is 0.750. The summed E-state index contributed by atoms with van der Waals surface area (Å²) < 4.78 is 0. The monoisotopic (exact) mass is 232 g/mol. The van der Waals surface area contributed by atoms with Gasteiger partial charge in [0.05, 0.1) is 6.04 Å². The molecule has 1 heterocycles. The van der Waals surface area contributed by atoms with Gasteiger partial charge in [0.25, 0.3) is 0 Å². The minimum Gasteiger partial charge on any atom is -0.355 e. The van der Waals surface area contributed by atoms with Gasteiger partial charge in [-0.1, -0.05) is 6.42 Å². The maximum atomic E-state index is 11.7. The highest BCUT2D eigenvalue weighted by atomic mass is 35.5. The lowest BCUT2D eigenvalue weighted by atomic mass is 10.1. The van der Waals surface area contributed by atoms with Gasteiger partial charge < -0.3 is 5.32 Å². The van der Waals surface area contributed by atoms with E-state index in [-0.39, 0.29) is 11.9 Å². The number of nitrogens with one attached hydrogen (secondary N) is 1. The van der Waals surface area contributed by atoms with Gasteiger partial charge >= 0.3 is 0 Å². The van der Waals surface area contributed by atoms with Gasteiger partial charge in [-0.2, -0.15) is 0 Å². The third kappa shape index (κ3) is 4.39. The van der Waals surface area contributed by atoms with Crippen molar-refractivity contribution < 1.29 is 4.79 Å². The number of hydrogen-bond acceptors (Lipinski definition) is 2. The van der Waals surface area contributed by atoms with Crippen LogP contribution >= 0.6 is 11.6 Å². The van der Waals surface area contributed by atoms with Crippen molar-refractivity contribution in [3.8, 4) is 0 Å². The molecule has 3 nitrogen and oxygen atoms in total. The van der Waals surface area contributed by atoms with Gasteiger partial charge in [-0.3, -0.25) is 9.69 Å². The SMILES string of the molecule is C[C@@H](C(=O)NCCCCl)N1CCCCC1. The summed E-state index contributed by atoms with van der Waals surface area (Å²) in [7, 11) is 0. The Hall–Kier alpha value is -0.280. The van der Waals surface area contributed by atoms with E-state index in [1.54, 1.807) is 0 Å². The van der Waals surface area contributed by atoms with Gasteiger partial charge in [-0.15, -0.1) is 11.6 Å². The Morgan fingerprint density at radius 1 is 1.40 bits per heavy atom. The zero-order valence-corrected chi connectivity index (χ0v) is 10.2. The molecule has 0 unspecified atom stereocenters. The van der Waals surface area contributed by atoms with Crippen molar-refractivity contribution in [2.45, 2.75) is 38.6 Å². The zero-order chi connectivity index (χ0) is 11.1. The average Bonchev–Trinajstić information content (AvgIpc) is 2.29. The molecule has 1 fully saturated rings. The average molecular weight is 233 g/mol. The molecule has 0 aliphatic carbocycles. The summed E-state index contributed by atoms with van der Waals surface area (Å²) in [6.45, 7) is 4.80. The molecule has 1 N–H and O–H groups in total. The summed E-state index contributed by atoms with van der Waals surface area (Å²) in [5.41, 5.74) is 0. The minimum absolute atomic E-state index is 0.0145. The van der Waals surface area contributed by atoms with Gasteiger partial charge in [-0.05, 0) is 39.3 Å². The van der Waals surface area contributed by atoms with Crippen molar-refractivity contribution in [1.82, 2.24) is 10.2 Å². The molecule has 15 heavy (non-hydrogen) atoms. The standard InChI is InChI=1S/C11H21ClN2O/c1-10(11(15)13-7-5-6-12)14-8-3-2-4-9-14/h10H,2-9H2,1H3,(H,13,15)/t10-/m0/s1. The number of hydrogen-bond donors (Lipinski definition) is 1. The van der Waals surface area contributed by atoms with Crippen LogP contribution in [0.3, 0.4) is 0 Å². The molecule has 1 aliphatic heterocycles. The number of piperidine rings is 1. The Morgan fingerprint density at radius 3 is 2.67 bits per heavy atom. The van der Waals surface area contributed by atoms with Gasteiger partial charge in [0.2, 0.25) is 5.91 Å². The fraction of sp³-hybridized carbons (Fsp3) is 0.909. The largest absolute Gasteiger partial charge is 0.355 e. The Morgan fingerprint density at radius 2 is 2.07 bits per heavy atom. The van der Waals surface area contributed by atoms with Gasteiger partial charge in [-0.25, -0.2) is 0 Å². The maximum absolute atomic E-state index is 11.7. The first kappa shape index (κ1) is 12.8. The van der Waals surface area contributed by atoms with Crippen molar-refractivity contribution in [3.05, 3.63) is 0 Å². The smallest absolute Gasteiger partial charge is 0.237 e. The molecule has 1 amide bonds. The van der Waals surface area contributed by atoms with Crippen LogP contribution in [0.5, 0.6) is 0 Å². The number of alkyl halides is 1. The van der Waals surface area contributed by atoms with E-state index in [0.29, 0.717) is 12.4 Å². The highest BCUT2D eigenvalue weighted by Gasteiger charge is 2.21. The van der Waals surface area contributed by atoms with Gasteiger partial charge in [0.15, 0.2) is 0 Å². The molecule has 4 heteroatoms. The molecule has 1 rings (SSSR count). The maximum Gasteiger partial charge on any atom is 0.237 e. The van der Waals surface area contributed by atoms with Crippen molar-refractivity contribution in [2.75, 3.05) is 25.5 Å². The number of rotatable bonds is 5. The van der Waals surface area contributed by atoms with E-state index in [1.807, 2.05) is 6.92 Å². The molecule has 1 aliphatic rings. The predicted octanol–water partition coefficient (Wildman–Crippen LogP) is 1.61. The van der Waals surface area contributed by atoms with E-state index in [9.17, 15) is 4.79 Å². The molecule has 0 aromatic heterocycles. The Balaban J connectivity index is 2.24. The van der Waals surface area contributed by atoms with Crippen LogP contribution in [0.4, 0.5) is 0 Å². The first-order chi connectivity index (χ1) is 7.25. The summed E-state index contributed by atoms with van der Waals surface area (Å²) >= 11 is 5.55. The highest BCUT2D eigenvalue weighted by molar-refractivity contribution is 6.17. The van der Waals surface area contributed by atoms with Crippen LogP contribution in [-0.2, 0) is 4.79 Å². The lowest BCUT2D eigenvalue weighted by Gasteiger charge is -2.31. The summed E-state index contributed by atoms with van der Waals surface area (Å²) in [6, 6.07) is 0.0145. The molecule has 0 spiro atoms. The van der Waals surface area contributed by atoms with E-state index in [4.69, 9.17) is 11.6 Å². The molecule has 88 valence electrons. The fourth-order valence-corrected chi connectivity index (χ4v) is 2.03. The number of likely N-dealkylation sites (tertiary alicyclic amines) is 1. The quantitative estimate of drug-likeness (QED) is 0.577. The predicted molar refractivity (Wildman–Crippen MR) is 63.2 cm³/mol. The molecular weight excluding hydrogens is 212 g/mol. The van der Waals surface area contributed by atoms with Crippen LogP contribution in [-0.4, -0.2) is 42.4 Å². The Kier molecular flexibility index (Phi) is 6.03. The van der Waals surface area contributed by atoms with E-state index in [0.717, 1.165) is 19.5 Å². The molecule has 0 aromatic carbocycles. The van der Waals surface area contributed by atoms with Crippen LogP contribution in [0.1, 0.15) is 32.6 Å². The summed E-state index contributed by atoms with van der Waals surface area (Å²) in [6.07, 6.45) is 4.59. The first-order valence-corrected chi connectivity index (χ1v) is 6.37. The zero-order valence-electron chi connectivity index (χ0n) is 9.47. The molecular formula is C11H21ClN2O. The molecule has 0 radical (unpaired) electrons.